The van der Waals surface area contributed by atoms with Gasteiger partial charge in [0.1, 0.15) is 6.04 Å². The van der Waals surface area contributed by atoms with E-state index in [4.69, 9.17) is 5.11 Å². The van der Waals surface area contributed by atoms with Crippen LogP contribution in [0.5, 0.6) is 0 Å². The zero-order valence-electron chi connectivity index (χ0n) is 7.26. The molecule has 0 heterocycles. The molecular formula is C8H17NO2. The lowest BCUT2D eigenvalue weighted by Crippen LogP contribution is -2.36. The molecule has 66 valence electrons. The zero-order valence-corrected chi connectivity index (χ0v) is 7.26. The molecule has 0 amide bonds. The Morgan fingerprint density at radius 3 is 2.45 bits per heavy atom. The van der Waals surface area contributed by atoms with Gasteiger partial charge in [-0.25, -0.2) is 0 Å². The highest BCUT2D eigenvalue weighted by Crippen LogP contribution is 1.96. The van der Waals surface area contributed by atoms with Crippen LogP contribution in [0, 0.1) is 0 Å². The van der Waals surface area contributed by atoms with Gasteiger partial charge in [0.05, 0.1) is 0 Å². The van der Waals surface area contributed by atoms with Crippen LogP contribution in [0.1, 0.15) is 33.1 Å². The molecule has 0 aliphatic carbocycles. The Balaban J connectivity index is 3.60. The highest BCUT2D eigenvalue weighted by atomic mass is 16.4. The summed E-state index contributed by atoms with van der Waals surface area (Å²) in [4.78, 5) is 10.5. The van der Waals surface area contributed by atoms with Gasteiger partial charge in [-0.05, 0) is 19.4 Å². The van der Waals surface area contributed by atoms with E-state index < -0.39 is 5.97 Å². The second-order valence-electron chi connectivity index (χ2n) is 2.63. The topological polar surface area (TPSA) is 49.3 Å². The number of aliphatic carboxylic acids is 1. The summed E-state index contributed by atoms with van der Waals surface area (Å²) in [6, 6.07) is -0.347. The molecule has 0 saturated heterocycles. The smallest absolute Gasteiger partial charge is 0.320 e. The Labute approximate surface area is 67.8 Å². The molecule has 0 aromatic carbocycles. The fraction of sp³-hybridized carbons (Fsp3) is 0.875. The van der Waals surface area contributed by atoms with Gasteiger partial charge in [-0.3, -0.25) is 4.79 Å². The quantitative estimate of drug-likeness (QED) is 0.613. The van der Waals surface area contributed by atoms with Gasteiger partial charge in [0.25, 0.3) is 0 Å². The molecule has 0 aliphatic rings. The van der Waals surface area contributed by atoms with Crippen molar-refractivity contribution in [3.63, 3.8) is 0 Å². The number of rotatable bonds is 6. The van der Waals surface area contributed by atoms with Crippen LogP contribution in [0.15, 0.2) is 0 Å². The van der Waals surface area contributed by atoms with E-state index in [0.29, 0.717) is 0 Å². The van der Waals surface area contributed by atoms with Gasteiger partial charge >= 0.3 is 5.97 Å². The van der Waals surface area contributed by atoms with Gasteiger partial charge in [0.2, 0.25) is 0 Å². The monoisotopic (exact) mass is 159 g/mol. The molecule has 0 aliphatic heterocycles. The molecule has 3 heteroatoms. The third-order valence-electron chi connectivity index (χ3n) is 1.52. The average molecular weight is 159 g/mol. The van der Waals surface area contributed by atoms with E-state index in [0.717, 1.165) is 25.8 Å². The molecule has 0 bridgehead atoms. The fourth-order valence-electron chi connectivity index (χ4n) is 0.920. The summed E-state index contributed by atoms with van der Waals surface area (Å²) in [6.45, 7) is 4.80. The van der Waals surface area contributed by atoms with Crippen LogP contribution in [0.2, 0.25) is 0 Å². The Kier molecular flexibility index (Phi) is 5.84. The molecule has 0 rings (SSSR count). The van der Waals surface area contributed by atoms with Crippen molar-refractivity contribution in [3.8, 4) is 0 Å². The van der Waals surface area contributed by atoms with Gasteiger partial charge in [-0.15, -0.1) is 0 Å². The molecule has 0 aromatic rings. The predicted molar refractivity (Wildman–Crippen MR) is 44.6 cm³/mol. The zero-order chi connectivity index (χ0) is 8.69. The summed E-state index contributed by atoms with van der Waals surface area (Å²) in [5.74, 6) is -0.736. The minimum atomic E-state index is -0.736. The minimum absolute atomic E-state index is 0.347. The maximum atomic E-state index is 10.5. The lowest BCUT2D eigenvalue weighted by molar-refractivity contribution is -0.139. The molecule has 1 unspecified atom stereocenters. The van der Waals surface area contributed by atoms with Crippen LogP contribution in [0.4, 0.5) is 0 Å². The molecule has 3 nitrogen and oxygen atoms in total. The normalized spacial score (nSPS) is 12.9. The maximum absolute atomic E-state index is 10.5. The van der Waals surface area contributed by atoms with E-state index in [1.165, 1.54) is 0 Å². The highest BCUT2D eigenvalue weighted by molar-refractivity contribution is 5.73. The maximum Gasteiger partial charge on any atom is 0.320 e. The molecular weight excluding hydrogens is 142 g/mol. The van der Waals surface area contributed by atoms with E-state index in [1.807, 2.05) is 13.8 Å². The number of carbonyl (C=O) groups is 1. The van der Waals surface area contributed by atoms with Crippen molar-refractivity contribution in [1.29, 1.82) is 0 Å². The average Bonchev–Trinajstić information content (AvgIpc) is 1.97. The summed E-state index contributed by atoms with van der Waals surface area (Å²) in [6.07, 6.45) is 2.61. The van der Waals surface area contributed by atoms with Crippen LogP contribution in [-0.4, -0.2) is 23.7 Å². The van der Waals surface area contributed by atoms with E-state index in [-0.39, 0.29) is 6.04 Å². The highest BCUT2D eigenvalue weighted by Gasteiger charge is 2.13. The van der Waals surface area contributed by atoms with Crippen molar-refractivity contribution < 1.29 is 9.90 Å². The first-order chi connectivity index (χ1) is 5.22. The summed E-state index contributed by atoms with van der Waals surface area (Å²) in [5.41, 5.74) is 0. The second kappa shape index (κ2) is 6.16. The Morgan fingerprint density at radius 2 is 2.09 bits per heavy atom. The lowest BCUT2D eigenvalue weighted by atomic mass is 10.1. The number of carboxylic acids is 1. The van der Waals surface area contributed by atoms with Gasteiger partial charge in [-0.1, -0.05) is 20.3 Å². The van der Waals surface area contributed by atoms with Crippen molar-refractivity contribution >= 4 is 5.97 Å². The third kappa shape index (κ3) is 4.79. The summed E-state index contributed by atoms with van der Waals surface area (Å²) in [7, 11) is 0. The number of hydrogen-bond donors (Lipinski definition) is 2. The van der Waals surface area contributed by atoms with Gasteiger partial charge in [0.15, 0.2) is 0 Å². The number of hydrogen-bond acceptors (Lipinski definition) is 2. The van der Waals surface area contributed by atoms with Crippen LogP contribution in [-0.2, 0) is 4.79 Å². The molecule has 0 saturated carbocycles. The molecule has 0 spiro atoms. The summed E-state index contributed by atoms with van der Waals surface area (Å²) >= 11 is 0. The van der Waals surface area contributed by atoms with Crippen molar-refractivity contribution in [2.75, 3.05) is 6.54 Å². The third-order valence-corrected chi connectivity index (χ3v) is 1.52. The first-order valence-electron chi connectivity index (χ1n) is 4.18. The largest absolute Gasteiger partial charge is 0.480 e. The van der Waals surface area contributed by atoms with Gasteiger partial charge in [-0.2, -0.15) is 0 Å². The van der Waals surface area contributed by atoms with Gasteiger partial charge in [0, 0.05) is 0 Å². The number of nitrogens with one attached hydrogen (secondary N) is 1. The van der Waals surface area contributed by atoms with Crippen molar-refractivity contribution in [1.82, 2.24) is 5.32 Å². The molecule has 11 heavy (non-hydrogen) atoms. The van der Waals surface area contributed by atoms with E-state index in [2.05, 4.69) is 5.32 Å². The van der Waals surface area contributed by atoms with Crippen LogP contribution in [0.3, 0.4) is 0 Å². The Morgan fingerprint density at radius 1 is 1.45 bits per heavy atom. The van der Waals surface area contributed by atoms with Crippen molar-refractivity contribution in [2.24, 2.45) is 0 Å². The minimum Gasteiger partial charge on any atom is -0.480 e. The van der Waals surface area contributed by atoms with Gasteiger partial charge < -0.3 is 10.4 Å². The van der Waals surface area contributed by atoms with Crippen LogP contribution < -0.4 is 5.32 Å². The lowest BCUT2D eigenvalue weighted by Gasteiger charge is -2.11. The Hall–Kier alpha value is -0.570. The summed E-state index contributed by atoms with van der Waals surface area (Å²) < 4.78 is 0. The van der Waals surface area contributed by atoms with Crippen LogP contribution >= 0.6 is 0 Å². The first-order valence-corrected chi connectivity index (χ1v) is 4.18. The standard InChI is InChI=1S/C8H17NO2/c1-3-5-7(8(10)11)9-6-4-2/h7,9H,3-6H2,1-2H3,(H,10,11). The van der Waals surface area contributed by atoms with E-state index in [9.17, 15) is 4.79 Å². The Bertz CT molecular complexity index is 115. The second-order valence-corrected chi connectivity index (χ2v) is 2.63. The molecule has 0 fully saturated rings. The van der Waals surface area contributed by atoms with Crippen molar-refractivity contribution in [3.05, 3.63) is 0 Å². The van der Waals surface area contributed by atoms with E-state index in [1.54, 1.807) is 0 Å². The molecule has 0 radical (unpaired) electrons. The number of carboxylic acid groups (broad SMARTS) is 1. The predicted octanol–water partition coefficient (Wildman–Crippen LogP) is 1.24. The van der Waals surface area contributed by atoms with Crippen LogP contribution in [0.25, 0.3) is 0 Å². The van der Waals surface area contributed by atoms with E-state index >= 15 is 0 Å². The first kappa shape index (κ1) is 10.4. The molecule has 1 atom stereocenters. The molecule has 0 aromatic heterocycles. The summed E-state index contributed by atoms with van der Waals surface area (Å²) in [5, 5.41) is 11.6. The SMILES string of the molecule is CCCNC(CCC)C(=O)O. The fourth-order valence-corrected chi connectivity index (χ4v) is 0.920. The molecule has 2 N–H and O–H groups in total. The van der Waals surface area contributed by atoms with Crippen molar-refractivity contribution in [2.45, 2.75) is 39.2 Å².